The number of piperidine rings is 2. The molecule has 2 aliphatic heterocycles. The average molecular weight is 401 g/mol. The summed E-state index contributed by atoms with van der Waals surface area (Å²) in [4.78, 5) is 29.2. The SMILES string of the molecule is CC1CCN(CCCCNC(=O)N2CCC(C(=O)Nc3ccccc3)CC2)CC1. The van der Waals surface area contributed by atoms with Crippen molar-refractivity contribution >= 4 is 17.6 Å². The number of para-hydroxylation sites is 1. The number of anilines is 1. The summed E-state index contributed by atoms with van der Waals surface area (Å²) < 4.78 is 0. The van der Waals surface area contributed by atoms with Gasteiger partial charge in [-0.05, 0) is 76.2 Å². The van der Waals surface area contributed by atoms with Crippen LogP contribution in [0.25, 0.3) is 0 Å². The van der Waals surface area contributed by atoms with Crippen molar-refractivity contribution in [1.29, 1.82) is 0 Å². The van der Waals surface area contributed by atoms with Crippen LogP contribution in [0.4, 0.5) is 10.5 Å². The normalized spacial score (nSPS) is 19.1. The average Bonchev–Trinajstić information content (AvgIpc) is 2.75. The second-order valence-electron chi connectivity index (χ2n) is 8.58. The van der Waals surface area contributed by atoms with E-state index >= 15 is 0 Å². The lowest BCUT2D eigenvalue weighted by molar-refractivity contribution is -0.121. The van der Waals surface area contributed by atoms with Gasteiger partial charge in [0.25, 0.3) is 0 Å². The van der Waals surface area contributed by atoms with Gasteiger partial charge in [0, 0.05) is 31.2 Å². The maximum Gasteiger partial charge on any atom is 0.317 e. The Kier molecular flexibility index (Phi) is 8.35. The molecule has 160 valence electrons. The van der Waals surface area contributed by atoms with E-state index in [-0.39, 0.29) is 17.9 Å². The first-order chi connectivity index (χ1) is 14.1. The number of urea groups is 1. The molecule has 0 unspecified atom stereocenters. The lowest BCUT2D eigenvalue weighted by Gasteiger charge is -2.31. The summed E-state index contributed by atoms with van der Waals surface area (Å²) in [6, 6.07) is 9.56. The monoisotopic (exact) mass is 400 g/mol. The van der Waals surface area contributed by atoms with Crippen molar-refractivity contribution in [2.75, 3.05) is 44.6 Å². The Labute approximate surface area is 175 Å². The second kappa shape index (κ2) is 11.2. The van der Waals surface area contributed by atoms with E-state index in [1.165, 1.54) is 25.9 Å². The Morgan fingerprint density at radius 1 is 0.966 bits per heavy atom. The maximum atomic E-state index is 12.4. The van der Waals surface area contributed by atoms with Crippen LogP contribution in [-0.2, 0) is 4.79 Å². The summed E-state index contributed by atoms with van der Waals surface area (Å²) >= 11 is 0. The van der Waals surface area contributed by atoms with E-state index in [1.807, 2.05) is 35.2 Å². The van der Waals surface area contributed by atoms with Crippen LogP contribution >= 0.6 is 0 Å². The molecular weight excluding hydrogens is 364 g/mol. The minimum absolute atomic E-state index is 0.0127. The highest BCUT2D eigenvalue weighted by molar-refractivity contribution is 5.92. The summed E-state index contributed by atoms with van der Waals surface area (Å²) in [5.74, 6) is 0.911. The van der Waals surface area contributed by atoms with Gasteiger partial charge in [-0.3, -0.25) is 4.79 Å². The first-order valence-electron chi connectivity index (χ1n) is 11.2. The molecule has 2 heterocycles. The van der Waals surface area contributed by atoms with Gasteiger partial charge >= 0.3 is 6.03 Å². The summed E-state index contributed by atoms with van der Waals surface area (Å²) in [6.07, 6.45) is 6.23. The van der Waals surface area contributed by atoms with Crippen molar-refractivity contribution in [3.8, 4) is 0 Å². The van der Waals surface area contributed by atoms with E-state index in [0.717, 1.165) is 50.4 Å². The number of nitrogens with zero attached hydrogens (tertiary/aromatic N) is 2. The van der Waals surface area contributed by atoms with E-state index < -0.39 is 0 Å². The van der Waals surface area contributed by atoms with Crippen LogP contribution in [0.2, 0.25) is 0 Å². The molecule has 0 saturated carbocycles. The van der Waals surface area contributed by atoms with Gasteiger partial charge in [-0.25, -0.2) is 4.79 Å². The molecule has 1 aromatic rings. The second-order valence-corrected chi connectivity index (χ2v) is 8.58. The molecule has 6 heteroatoms. The number of carbonyl (C=O) groups excluding carboxylic acids is 2. The molecule has 29 heavy (non-hydrogen) atoms. The highest BCUT2D eigenvalue weighted by Crippen LogP contribution is 2.20. The van der Waals surface area contributed by atoms with E-state index in [2.05, 4.69) is 22.5 Å². The van der Waals surface area contributed by atoms with Gasteiger partial charge in [-0.15, -0.1) is 0 Å². The van der Waals surface area contributed by atoms with Crippen LogP contribution in [0.1, 0.15) is 45.4 Å². The Hall–Kier alpha value is -2.08. The highest BCUT2D eigenvalue weighted by atomic mass is 16.2. The maximum absolute atomic E-state index is 12.4. The van der Waals surface area contributed by atoms with Gasteiger partial charge in [-0.1, -0.05) is 25.1 Å². The predicted octanol–water partition coefficient (Wildman–Crippen LogP) is 3.56. The molecule has 2 fully saturated rings. The molecule has 0 atom stereocenters. The third-order valence-corrected chi connectivity index (χ3v) is 6.25. The molecule has 2 N–H and O–H groups in total. The summed E-state index contributed by atoms with van der Waals surface area (Å²) in [5.41, 5.74) is 0.830. The van der Waals surface area contributed by atoms with Crippen LogP contribution in [0.3, 0.4) is 0 Å². The summed E-state index contributed by atoms with van der Waals surface area (Å²) in [5, 5.41) is 6.02. The van der Waals surface area contributed by atoms with Gasteiger partial charge < -0.3 is 20.4 Å². The quantitative estimate of drug-likeness (QED) is 0.688. The Balaban J connectivity index is 1.26. The van der Waals surface area contributed by atoms with Crippen LogP contribution in [0.5, 0.6) is 0 Å². The number of amides is 3. The molecule has 0 aliphatic carbocycles. The number of benzene rings is 1. The molecule has 2 saturated heterocycles. The molecule has 0 spiro atoms. The zero-order chi connectivity index (χ0) is 20.5. The molecule has 2 aliphatic rings. The topological polar surface area (TPSA) is 64.7 Å². The Morgan fingerprint density at radius 2 is 1.66 bits per heavy atom. The molecule has 1 aromatic carbocycles. The van der Waals surface area contributed by atoms with Gasteiger partial charge in [0.2, 0.25) is 5.91 Å². The number of nitrogens with one attached hydrogen (secondary N) is 2. The predicted molar refractivity (Wildman–Crippen MR) is 117 cm³/mol. The van der Waals surface area contributed by atoms with Crippen LogP contribution in [0.15, 0.2) is 30.3 Å². The smallest absolute Gasteiger partial charge is 0.317 e. The van der Waals surface area contributed by atoms with Gasteiger partial charge in [0.05, 0.1) is 0 Å². The first-order valence-corrected chi connectivity index (χ1v) is 11.2. The molecule has 0 aromatic heterocycles. The van der Waals surface area contributed by atoms with Crippen LogP contribution < -0.4 is 10.6 Å². The number of rotatable bonds is 7. The van der Waals surface area contributed by atoms with Crippen molar-refractivity contribution in [3.05, 3.63) is 30.3 Å². The number of carbonyl (C=O) groups is 2. The number of hydrogen-bond acceptors (Lipinski definition) is 3. The number of hydrogen-bond donors (Lipinski definition) is 2. The molecule has 3 rings (SSSR count). The number of likely N-dealkylation sites (tertiary alicyclic amines) is 2. The van der Waals surface area contributed by atoms with Gasteiger partial charge in [0.1, 0.15) is 0 Å². The van der Waals surface area contributed by atoms with E-state index in [4.69, 9.17) is 0 Å². The van der Waals surface area contributed by atoms with E-state index in [0.29, 0.717) is 13.1 Å². The molecular formula is C23H36N4O2. The third-order valence-electron chi connectivity index (χ3n) is 6.25. The van der Waals surface area contributed by atoms with Crippen LogP contribution in [0, 0.1) is 11.8 Å². The molecule has 0 radical (unpaired) electrons. The van der Waals surface area contributed by atoms with Gasteiger partial charge in [-0.2, -0.15) is 0 Å². The zero-order valence-corrected chi connectivity index (χ0v) is 17.7. The third kappa shape index (κ3) is 7.03. The molecule has 6 nitrogen and oxygen atoms in total. The fourth-order valence-electron chi connectivity index (χ4n) is 4.16. The van der Waals surface area contributed by atoms with Crippen LogP contribution in [-0.4, -0.2) is 61.0 Å². The Bertz CT molecular complexity index is 636. The van der Waals surface area contributed by atoms with Gasteiger partial charge in [0.15, 0.2) is 0 Å². The highest BCUT2D eigenvalue weighted by Gasteiger charge is 2.27. The molecule has 3 amide bonds. The van der Waals surface area contributed by atoms with Crippen molar-refractivity contribution < 1.29 is 9.59 Å². The minimum Gasteiger partial charge on any atom is -0.338 e. The fraction of sp³-hybridized carbons (Fsp3) is 0.652. The minimum atomic E-state index is -0.0217. The zero-order valence-electron chi connectivity index (χ0n) is 17.7. The first kappa shape index (κ1) is 21.6. The van der Waals surface area contributed by atoms with E-state index in [9.17, 15) is 9.59 Å². The Morgan fingerprint density at radius 3 is 2.34 bits per heavy atom. The lowest BCUT2D eigenvalue weighted by Crippen LogP contribution is -2.46. The standard InChI is InChI=1S/C23H36N4O2/c1-19-9-15-26(16-10-19)14-6-5-13-24-23(29)27-17-11-20(12-18-27)22(28)25-21-7-3-2-4-8-21/h2-4,7-8,19-20H,5-6,9-18H2,1H3,(H,24,29)(H,25,28). The lowest BCUT2D eigenvalue weighted by atomic mass is 9.96. The van der Waals surface area contributed by atoms with Crippen molar-refractivity contribution in [1.82, 2.24) is 15.1 Å². The summed E-state index contributed by atoms with van der Waals surface area (Å²) in [6.45, 7) is 7.95. The van der Waals surface area contributed by atoms with Crippen molar-refractivity contribution in [2.45, 2.75) is 45.4 Å². The number of unbranched alkanes of at least 4 members (excludes halogenated alkanes) is 1. The fourth-order valence-corrected chi connectivity index (χ4v) is 4.16. The molecule has 0 bridgehead atoms. The van der Waals surface area contributed by atoms with E-state index in [1.54, 1.807) is 0 Å². The largest absolute Gasteiger partial charge is 0.338 e. The van der Waals surface area contributed by atoms with Crippen molar-refractivity contribution in [2.24, 2.45) is 11.8 Å². The summed E-state index contributed by atoms with van der Waals surface area (Å²) in [7, 11) is 0. The van der Waals surface area contributed by atoms with Crippen molar-refractivity contribution in [3.63, 3.8) is 0 Å².